The molecule has 0 saturated carbocycles. The van der Waals surface area contributed by atoms with E-state index in [4.69, 9.17) is 0 Å². The number of alkyl halides is 3. The van der Waals surface area contributed by atoms with Crippen LogP contribution in [0.1, 0.15) is 50.8 Å². The Morgan fingerprint density at radius 3 is 2.58 bits per heavy atom. The lowest BCUT2D eigenvalue weighted by Crippen LogP contribution is -2.53. The highest BCUT2D eigenvalue weighted by molar-refractivity contribution is 5.88. The Morgan fingerprint density at radius 1 is 1.26 bits per heavy atom. The van der Waals surface area contributed by atoms with E-state index >= 15 is 0 Å². The molecule has 0 aliphatic carbocycles. The van der Waals surface area contributed by atoms with Gasteiger partial charge < -0.3 is 10.2 Å². The average molecular weight is 438 g/mol. The van der Waals surface area contributed by atoms with Crippen molar-refractivity contribution in [3.8, 4) is 0 Å². The van der Waals surface area contributed by atoms with Gasteiger partial charge in [0.2, 0.25) is 11.8 Å². The van der Waals surface area contributed by atoms with Crippen LogP contribution < -0.4 is 10.9 Å². The lowest BCUT2D eigenvalue weighted by Gasteiger charge is -2.31. The summed E-state index contributed by atoms with van der Waals surface area (Å²) in [6.45, 7) is 6.12. The first kappa shape index (κ1) is 22.8. The molecule has 1 aromatic carbocycles. The zero-order chi connectivity index (χ0) is 22.9. The number of likely N-dealkylation sites (N-methyl/N-ethyl adjacent to an activating group) is 1. The van der Waals surface area contributed by atoms with E-state index in [-0.39, 0.29) is 22.6 Å². The summed E-state index contributed by atoms with van der Waals surface area (Å²) in [5.74, 6) is -0.991. The summed E-state index contributed by atoms with van der Waals surface area (Å²) in [6.07, 6.45) is -3.27. The van der Waals surface area contributed by atoms with E-state index in [0.29, 0.717) is 25.2 Å². The first-order chi connectivity index (χ1) is 14.5. The number of carbonyl (C=O) groups is 2. The Kier molecular flexibility index (Phi) is 6.38. The fourth-order valence-electron chi connectivity index (χ4n) is 3.79. The molecule has 0 unspecified atom stereocenters. The van der Waals surface area contributed by atoms with E-state index < -0.39 is 35.8 Å². The quantitative estimate of drug-likeness (QED) is 0.778. The predicted molar refractivity (Wildman–Crippen MR) is 109 cm³/mol. The number of rotatable bonds is 5. The highest BCUT2D eigenvalue weighted by Crippen LogP contribution is 2.32. The molecule has 2 amide bonds. The van der Waals surface area contributed by atoms with Gasteiger partial charge in [0, 0.05) is 18.5 Å². The third-order valence-corrected chi connectivity index (χ3v) is 5.40. The second-order valence-electron chi connectivity index (χ2n) is 7.94. The number of piperidine rings is 1. The van der Waals surface area contributed by atoms with Crippen LogP contribution in [0.25, 0.3) is 10.8 Å². The molecule has 0 radical (unpaired) electrons. The molecule has 168 valence electrons. The van der Waals surface area contributed by atoms with E-state index in [0.717, 1.165) is 29.3 Å². The fourth-order valence-corrected chi connectivity index (χ4v) is 3.79. The van der Waals surface area contributed by atoms with Crippen LogP contribution >= 0.6 is 0 Å². The Morgan fingerprint density at radius 2 is 1.97 bits per heavy atom. The first-order valence-corrected chi connectivity index (χ1v) is 10.2. The van der Waals surface area contributed by atoms with Gasteiger partial charge in [0.15, 0.2) is 0 Å². The van der Waals surface area contributed by atoms with Gasteiger partial charge in [-0.25, -0.2) is 4.68 Å². The first-order valence-electron chi connectivity index (χ1n) is 10.2. The second kappa shape index (κ2) is 8.68. The summed E-state index contributed by atoms with van der Waals surface area (Å²) < 4.78 is 40.3. The molecule has 1 aliphatic heterocycles. The summed E-state index contributed by atoms with van der Waals surface area (Å²) in [5.41, 5.74) is -1.23. The smallest absolute Gasteiger partial charge is 0.343 e. The van der Waals surface area contributed by atoms with Crippen LogP contribution in [-0.2, 0) is 22.3 Å². The lowest BCUT2D eigenvalue weighted by atomic mass is 10.0. The Labute approximate surface area is 177 Å². The summed E-state index contributed by atoms with van der Waals surface area (Å²) in [6, 6.07) is 2.23. The van der Waals surface area contributed by atoms with Gasteiger partial charge >= 0.3 is 6.18 Å². The minimum atomic E-state index is -4.55. The van der Waals surface area contributed by atoms with Crippen molar-refractivity contribution < 1.29 is 22.8 Å². The molecule has 1 aromatic heterocycles. The number of halogens is 3. The molecule has 10 heteroatoms. The number of amides is 2. The van der Waals surface area contributed by atoms with Crippen LogP contribution in [0.15, 0.2) is 23.0 Å². The van der Waals surface area contributed by atoms with E-state index in [1.54, 1.807) is 18.7 Å². The molecule has 7 nitrogen and oxygen atoms in total. The number of likely N-dealkylation sites (tertiary alicyclic amines) is 1. The topological polar surface area (TPSA) is 84.3 Å². The maximum Gasteiger partial charge on any atom is 0.416 e. The van der Waals surface area contributed by atoms with Crippen molar-refractivity contribution in [2.75, 3.05) is 13.1 Å². The number of nitrogens with one attached hydrogen (secondary N) is 1. The number of hydrogen-bond acceptors (Lipinski definition) is 4. The van der Waals surface area contributed by atoms with E-state index in [9.17, 15) is 27.6 Å². The SMILES string of the molecule is CCN1CCC[C@H](NC(=O)Cn2nc(C(C)C)c3cc(C(F)(F)F)ccc3c2=O)C1=O. The van der Waals surface area contributed by atoms with Crippen LogP contribution in [-0.4, -0.2) is 45.6 Å². The molecule has 0 spiro atoms. The van der Waals surface area contributed by atoms with Crippen LogP contribution in [0, 0.1) is 0 Å². The van der Waals surface area contributed by atoms with Gasteiger partial charge in [-0.1, -0.05) is 13.8 Å². The molecule has 2 heterocycles. The number of benzene rings is 1. The fraction of sp³-hybridized carbons (Fsp3) is 0.524. The van der Waals surface area contributed by atoms with Crippen molar-refractivity contribution in [3.05, 3.63) is 39.8 Å². The van der Waals surface area contributed by atoms with Crippen molar-refractivity contribution in [2.24, 2.45) is 0 Å². The monoisotopic (exact) mass is 438 g/mol. The molecule has 1 fully saturated rings. The van der Waals surface area contributed by atoms with E-state index in [2.05, 4.69) is 10.4 Å². The molecular weight excluding hydrogens is 413 g/mol. The second-order valence-corrected chi connectivity index (χ2v) is 7.94. The standard InChI is InChI=1S/C21H25F3N4O3/c1-4-27-9-5-6-16(20(27)31)25-17(29)11-28-19(30)14-8-7-13(21(22,23)24)10-15(14)18(26-28)12(2)3/h7-8,10,12,16H,4-6,9,11H2,1-3H3,(H,25,29)/t16-/m0/s1. The molecule has 31 heavy (non-hydrogen) atoms. The van der Waals surface area contributed by atoms with Crippen molar-refractivity contribution in [1.29, 1.82) is 0 Å². The Hall–Kier alpha value is -2.91. The van der Waals surface area contributed by atoms with Crippen LogP contribution in [0.5, 0.6) is 0 Å². The maximum atomic E-state index is 13.1. The molecule has 2 aromatic rings. The van der Waals surface area contributed by atoms with E-state index in [1.807, 2.05) is 6.92 Å². The van der Waals surface area contributed by atoms with Gasteiger partial charge in [0.05, 0.1) is 16.6 Å². The van der Waals surface area contributed by atoms with Crippen molar-refractivity contribution in [1.82, 2.24) is 20.0 Å². The molecule has 1 atom stereocenters. The number of nitrogens with zero attached hydrogens (tertiary/aromatic N) is 3. The molecule has 3 rings (SSSR count). The minimum absolute atomic E-state index is 0.0606. The van der Waals surface area contributed by atoms with Gasteiger partial charge in [0.1, 0.15) is 12.6 Å². The van der Waals surface area contributed by atoms with Crippen LogP contribution in [0.3, 0.4) is 0 Å². The van der Waals surface area contributed by atoms with Gasteiger partial charge in [-0.3, -0.25) is 14.4 Å². The highest BCUT2D eigenvalue weighted by Gasteiger charge is 2.32. The minimum Gasteiger partial charge on any atom is -0.343 e. The third-order valence-electron chi connectivity index (χ3n) is 5.40. The Bertz CT molecular complexity index is 1060. The summed E-state index contributed by atoms with van der Waals surface area (Å²) in [5, 5.41) is 7.02. The van der Waals surface area contributed by atoms with Gasteiger partial charge in [-0.05, 0) is 43.9 Å². The molecule has 1 N–H and O–H groups in total. The number of carbonyl (C=O) groups excluding carboxylic acids is 2. The summed E-state index contributed by atoms with van der Waals surface area (Å²) >= 11 is 0. The van der Waals surface area contributed by atoms with Crippen LogP contribution in [0.4, 0.5) is 13.2 Å². The lowest BCUT2D eigenvalue weighted by molar-refractivity contribution is -0.138. The molecule has 1 aliphatic rings. The molecular formula is C21H25F3N4O3. The number of fused-ring (bicyclic) bond motifs is 1. The van der Waals surface area contributed by atoms with Crippen LogP contribution in [0.2, 0.25) is 0 Å². The average Bonchev–Trinajstić information content (AvgIpc) is 2.70. The highest BCUT2D eigenvalue weighted by atomic mass is 19.4. The number of aromatic nitrogens is 2. The summed E-state index contributed by atoms with van der Waals surface area (Å²) in [7, 11) is 0. The normalized spacial score (nSPS) is 17.5. The Balaban J connectivity index is 1.92. The maximum absolute atomic E-state index is 13.1. The van der Waals surface area contributed by atoms with Gasteiger partial charge in [0.25, 0.3) is 5.56 Å². The zero-order valence-corrected chi connectivity index (χ0v) is 17.6. The molecule has 1 saturated heterocycles. The predicted octanol–water partition coefficient (Wildman–Crippen LogP) is 2.67. The third kappa shape index (κ3) is 4.72. The van der Waals surface area contributed by atoms with E-state index in [1.165, 1.54) is 0 Å². The molecule has 0 bridgehead atoms. The van der Waals surface area contributed by atoms with Gasteiger partial charge in [-0.15, -0.1) is 0 Å². The van der Waals surface area contributed by atoms with Crippen molar-refractivity contribution in [3.63, 3.8) is 0 Å². The van der Waals surface area contributed by atoms with Gasteiger partial charge in [-0.2, -0.15) is 18.3 Å². The zero-order valence-electron chi connectivity index (χ0n) is 17.6. The largest absolute Gasteiger partial charge is 0.416 e. The number of hydrogen-bond donors (Lipinski definition) is 1. The summed E-state index contributed by atoms with van der Waals surface area (Å²) in [4.78, 5) is 39.4. The van der Waals surface area contributed by atoms with Crippen molar-refractivity contribution >= 4 is 22.6 Å². The van der Waals surface area contributed by atoms with Crippen molar-refractivity contribution in [2.45, 2.75) is 58.3 Å².